The molecule has 54 heavy (non-hydrogen) atoms. The van der Waals surface area contributed by atoms with E-state index in [0.29, 0.717) is 30.2 Å². The molecule has 0 radical (unpaired) electrons. The van der Waals surface area contributed by atoms with E-state index in [9.17, 15) is 22.7 Å². The zero-order valence-corrected chi connectivity index (χ0v) is 30.6. The molecule has 0 saturated carbocycles. The number of ether oxygens (including phenoxy) is 3. The van der Waals surface area contributed by atoms with Crippen molar-refractivity contribution in [2.75, 3.05) is 38.8 Å². The van der Waals surface area contributed by atoms with Crippen molar-refractivity contribution in [2.45, 2.75) is 57.2 Å². The Bertz CT molecular complexity index is 2120. The van der Waals surface area contributed by atoms with Crippen LogP contribution in [0.5, 0.6) is 23.4 Å². The SMILES string of the molecule is COc1ccc(CN(Cc2ccc(OC)cc2)c2cc(C)c(C(F)(F)F)c(-c3c(Cl)cc4c(O)nc(OC[C@@]56CCCN5C[C@H](F)C6)nc4c3F)c2)cc1. The van der Waals surface area contributed by atoms with Gasteiger partial charge in [-0.3, -0.25) is 4.90 Å². The first kappa shape index (κ1) is 37.4. The van der Waals surface area contributed by atoms with Crippen molar-refractivity contribution in [3.63, 3.8) is 0 Å². The van der Waals surface area contributed by atoms with Crippen molar-refractivity contribution in [1.82, 2.24) is 14.9 Å². The van der Waals surface area contributed by atoms with Gasteiger partial charge in [-0.15, -0.1) is 0 Å². The fourth-order valence-corrected chi connectivity index (χ4v) is 8.08. The maximum absolute atomic E-state index is 16.8. The summed E-state index contributed by atoms with van der Waals surface area (Å²) in [5.41, 5.74) is -1.27. The van der Waals surface area contributed by atoms with Crippen molar-refractivity contribution in [2.24, 2.45) is 0 Å². The van der Waals surface area contributed by atoms with E-state index >= 15 is 4.39 Å². The number of hydrogen-bond donors (Lipinski definition) is 1. The zero-order chi connectivity index (χ0) is 38.4. The number of aryl methyl sites for hydroxylation is 1. The summed E-state index contributed by atoms with van der Waals surface area (Å²) in [6.45, 7) is 2.86. The lowest BCUT2D eigenvalue weighted by atomic mass is 9.92. The van der Waals surface area contributed by atoms with E-state index in [-0.39, 0.29) is 54.6 Å². The number of methoxy groups -OCH3 is 2. The Morgan fingerprint density at radius 2 is 1.59 bits per heavy atom. The molecular weight excluding hydrogens is 731 g/mol. The molecule has 0 unspecified atom stereocenters. The van der Waals surface area contributed by atoms with Crippen LogP contribution >= 0.6 is 11.6 Å². The summed E-state index contributed by atoms with van der Waals surface area (Å²) in [7, 11) is 3.10. The average Bonchev–Trinajstić information content (AvgIpc) is 3.66. The molecule has 2 saturated heterocycles. The lowest BCUT2D eigenvalue weighted by Crippen LogP contribution is -2.43. The summed E-state index contributed by atoms with van der Waals surface area (Å²) in [4.78, 5) is 12.1. The highest BCUT2D eigenvalue weighted by Crippen LogP contribution is 2.47. The summed E-state index contributed by atoms with van der Waals surface area (Å²) in [6.07, 6.45) is -4.13. The minimum Gasteiger partial charge on any atom is -0.497 e. The van der Waals surface area contributed by atoms with Gasteiger partial charge in [-0.05, 0) is 85.5 Å². The number of alkyl halides is 4. The standard InChI is InChI=1S/C40H38ClF5N4O4/c1-23-15-27(49(19-24-5-9-28(52-2)10-6-24)20-25-7-11-29(53-3)12-8-25)16-30(34(23)40(44,45)46)33-32(41)17-31-36(35(33)43)47-38(48-37(31)51)54-22-39-13-4-14-50(39)21-26(42)18-39/h5-12,15-17,26H,4,13-14,18-22H2,1-3H3,(H,47,48,51)/t26-,39+/m1/s1. The quantitative estimate of drug-likeness (QED) is 0.133. The van der Waals surface area contributed by atoms with Crippen LogP contribution in [0.2, 0.25) is 5.02 Å². The number of nitrogens with zero attached hydrogens (tertiary/aromatic N) is 4. The molecule has 4 aromatic carbocycles. The molecule has 0 spiro atoms. The van der Waals surface area contributed by atoms with Crippen LogP contribution in [0.15, 0.2) is 66.7 Å². The first-order chi connectivity index (χ1) is 25.8. The first-order valence-electron chi connectivity index (χ1n) is 17.4. The van der Waals surface area contributed by atoms with Crippen LogP contribution in [0.3, 0.4) is 0 Å². The highest BCUT2D eigenvalue weighted by molar-refractivity contribution is 6.34. The molecule has 1 N–H and O–H groups in total. The molecule has 14 heteroatoms. The fourth-order valence-electron chi connectivity index (χ4n) is 7.78. The number of fused-ring (bicyclic) bond motifs is 2. The van der Waals surface area contributed by atoms with Crippen molar-refractivity contribution >= 4 is 28.2 Å². The molecule has 2 aliphatic heterocycles. The van der Waals surface area contributed by atoms with Gasteiger partial charge in [0.05, 0.1) is 35.7 Å². The number of anilines is 1. The molecule has 284 valence electrons. The van der Waals surface area contributed by atoms with Crippen LogP contribution in [-0.4, -0.2) is 65.6 Å². The molecule has 0 bridgehead atoms. The third kappa shape index (κ3) is 7.31. The topological polar surface area (TPSA) is 80.2 Å². The Hall–Kier alpha value is -4.88. The third-order valence-electron chi connectivity index (χ3n) is 10.4. The smallest absolute Gasteiger partial charge is 0.417 e. The summed E-state index contributed by atoms with van der Waals surface area (Å²) in [6, 6.07) is 18.0. The van der Waals surface area contributed by atoms with Gasteiger partial charge in [0, 0.05) is 42.9 Å². The van der Waals surface area contributed by atoms with Gasteiger partial charge in [0.25, 0.3) is 0 Å². The van der Waals surface area contributed by atoms with E-state index in [0.717, 1.165) is 23.6 Å². The number of aromatic hydroxyl groups is 1. The number of aromatic nitrogens is 2. The van der Waals surface area contributed by atoms with E-state index in [2.05, 4.69) is 9.97 Å². The summed E-state index contributed by atoms with van der Waals surface area (Å²) < 4.78 is 92.5. The Kier molecular flexibility index (Phi) is 10.2. The van der Waals surface area contributed by atoms with Gasteiger partial charge in [0.1, 0.15) is 29.8 Å². The molecule has 3 heterocycles. The molecule has 7 rings (SSSR count). The van der Waals surface area contributed by atoms with Crippen LogP contribution in [0, 0.1) is 12.7 Å². The molecule has 2 atom stereocenters. The highest BCUT2D eigenvalue weighted by atomic mass is 35.5. The summed E-state index contributed by atoms with van der Waals surface area (Å²) in [5.74, 6) is -0.566. The molecule has 8 nitrogen and oxygen atoms in total. The fraction of sp³-hybridized carbons (Fsp3) is 0.350. The van der Waals surface area contributed by atoms with Crippen LogP contribution in [-0.2, 0) is 19.3 Å². The second kappa shape index (κ2) is 14.7. The van der Waals surface area contributed by atoms with E-state index < -0.39 is 51.8 Å². The van der Waals surface area contributed by atoms with Crippen LogP contribution in [0.4, 0.5) is 27.6 Å². The Labute approximate surface area is 314 Å². The van der Waals surface area contributed by atoms with Gasteiger partial charge >= 0.3 is 12.2 Å². The molecule has 5 aromatic rings. The van der Waals surface area contributed by atoms with Crippen molar-refractivity contribution in [3.8, 4) is 34.5 Å². The van der Waals surface area contributed by atoms with Crippen LogP contribution < -0.4 is 19.1 Å². The van der Waals surface area contributed by atoms with Gasteiger partial charge < -0.3 is 24.2 Å². The Morgan fingerprint density at radius 1 is 0.963 bits per heavy atom. The van der Waals surface area contributed by atoms with Gasteiger partial charge in [0.15, 0.2) is 5.82 Å². The zero-order valence-electron chi connectivity index (χ0n) is 29.8. The maximum atomic E-state index is 16.8. The second-order valence-electron chi connectivity index (χ2n) is 13.9. The summed E-state index contributed by atoms with van der Waals surface area (Å²) >= 11 is 6.62. The van der Waals surface area contributed by atoms with Crippen LogP contribution in [0.1, 0.15) is 41.5 Å². The van der Waals surface area contributed by atoms with Gasteiger partial charge in [-0.1, -0.05) is 35.9 Å². The Balaban J connectivity index is 1.33. The molecular formula is C40H38ClF5N4O4. The van der Waals surface area contributed by atoms with Crippen molar-refractivity contribution in [1.29, 1.82) is 0 Å². The predicted molar refractivity (Wildman–Crippen MR) is 196 cm³/mol. The lowest BCUT2D eigenvalue weighted by Gasteiger charge is -2.30. The van der Waals surface area contributed by atoms with Gasteiger partial charge in [0.2, 0.25) is 5.88 Å². The third-order valence-corrected chi connectivity index (χ3v) is 10.7. The number of benzene rings is 4. The van der Waals surface area contributed by atoms with Gasteiger partial charge in [-0.25, -0.2) is 8.78 Å². The molecule has 1 aromatic heterocycles. The minimum absolute atomic E-state index is 0.00186. The van der Waals surface area contributed by atoms with Crippen LogP contribution in [0.25, 0.3) is 22.0 Å². The largest absolute Gasteiger partial charge is 0.497 e. The van der Waals surface area contributed by atoms with E-state index in [1.54, 1.807) is 38.5 Å². The molecule has 0 aliphatic carbocycles. The molecule has 2 fully saturated rings. The van der Waals surface area contributed by atoms with Crippen molar-refractivity contribution in [3.05, 3.63) is 99.8 Å². The maximum Gasteiger partial charge on any atom is 0.417 e. The average molecular weight is 769 g/mol. The minimum atomic E-state index is -4.90. The number of halogens is 6. The number of rotatable bonds is 11. The van der Waals surface area contributed by atoms with E-state index in [1.807, 2.05) is 34.1 Å². The predicted octanol–water partition coefficient (Wildman–Crippen LogP) is 9.30. The van der Waals surface area contributed by atoms with Gasteiger partial charge in [-0.2, -0.15) is 23.1 Å². The molecule has 2 aliphatic rings. The Morgan fingerprint density at radius 3 is 2.19 bits per heavy atom. The van der Waals surface area contributed by atoms with Crippen molar-refractivity contribution < 1.29 is 41.3 Å². The molecule has 0 amide bonds. The number of hydrogen-bond acceptors (Lipinski definition) is 8. The second-order valence-corrected chi connectivity index (χ2v) is 14.3. The van der Waals surface area contributed by atoms with E-state index in [4.69, 9.17) is 25.8 Å². The monoisotopic (exact) mass is 768 g/mol. The van der Waals surface area contributed by atoms with E-state index in [1.165, 1.54) is 19.1 Å². The highest BCUT2D eigenvalue weighted by Gasteiger charge is 2.49. The normalized spacial score (nSPS) is 18.6. The first-order valence-corrected chi connectivity index (χ1v) is 17.8. The summed E-state index contributed by atoms with van der Waals surface area (Å²) in [5, 5.41) is 10.3. The lowest BCUT2D eigenvalue weighted by molar-refractivity contribution is -0.137.